The van der Waals surface area contributed by atoms with Crippen molar-refractivity contribution in [2.24, 2.45) is 0 Å². The second-order valence-electron chi connectivity index (χ2n) is 5.93. The maximum Gasteiger partial charge on any atom is 0.405 e. The quantitative estimate of drug-likeness (QED) is 0.679. The summed E-state index contributed by atoms with van der Waals surface area (Å²) in [5.74, 6) is -2.05. The van der Waals surface area contributed by atoms with E-state index in [4.69, 9.17) is 0 Å². The van der Waals surface area contributed by atoms with Crippen molar-refractivity contribution >= 4 is 17.5 Å². The zero-order chi connectivity index (χ0) is 19.3. The van der Waals surface area contributed by atoms with Gasteiger partial charge in [0, 0.05) is 45.2 Å². The van der Waals surface area contributed by atoms with E-state index in [0.29, 0.717) is 13.1 Å². The lowest BCUT2D eigenvalue weighted by Crippen LogP contribution is -2.57. The molecule has 1 aliphatic rings. The number of amides is 2. The van der Waals surface area contributed by atoms with Gasteiger partial charge in [0.1, 0.15) is 11.9 Å². The Kier molecular flexibility index (Phi) is 6.54. The van der Waals surface area contributed by atoms with Crippen molar-refractivity contribution in [1.29, 1.82) is 0 Å². The van der Waals surface area contributed by atoms with Crippen LogP contribution in [0.4, 0.5) is 23.2 Å². The molecular formula is C16H20F4N4O2. The Morgan fingerprint density at radius 1 is 1.27 bits per heavy atom. The summed E-state index contributed by atoms with van der Waals surface area (Å²) in [5, 5.41) is 7.44. The third-order valence-electron chi connectivity index (χ3n) is 3.97. The zero-order valence-corrected chi connectivity index (χ0v) is 14.1. The van der Waals surface area contributed by atoms with Gasteiger partial charge in [-0.2, -0.15) is 13.2 Å². The average Bonchev–Trinajstić information content (AvgIpc) is 2.56. The highest BCUT2D eigenvalue weighted by Gasteiger charge is 2.43. The van der Waals surface area contributed by atoms with E-state index in [1.165, 1.54) is 11.8 Å². The minimum absolute atomic E-state index is 0.0450. The highest BCUT2D eigenvalue weighted by Crippen LogP contribution is 2.25. The third kappa shape index (κ3) is 5.40. The molecule has 1 aliphatic heterocycles. The maximum absolute atomic E-state index is 13.6. The second kappa shape index (κ2) is 8.45. The molecule has 1 saturated heterocycles. The molecule has 0 spiro atoms. The SMILES string of the molecule is CC(=O)Nc1cc(C(=O)NCC(N2CCNCC2)C(F)(F)F)ccc1F. The second-order valence-corrected chi connectivity index (χ2v) is 5.93. The van der Waals surface area contributed by atoms with E-state index < -0.39 is 36.4 Å². The molecule has 0 aliphatic carbocycles. The summed E-state index contributed by atoms with van der Waals surface area (Å²) in [7, 11) is 0. The predicted octanol–water partition coefficient (Wildman–Crippen LogP) is 1.35. The topological polar surface area (TPSA) is 73.5 Å². The number of anilines is 1. The van der Waals surface area contributed by atoms with E-state index in [2.05, 4.69) is 16.0 Å². The van der Waals surface area contributed by atoms with Crippen LogP contribution in [-0.4, -0.2) is 61.7 Å². The molecule has 1 unspecified atom stereocenters. The number of benzene rings is 1. The first-order valence-electron chi connectivity index (χ1n) is 8.05. The Morgan fingerprint density at radius 2 is 1.92 bits per heavy atom. The van der Waals surface area contributed by atoms with Crippen LogP contribution in [0.25, 0.3) is 0 Å². The first kappa shape index (κ1) is 20.1. The van der Waals surface area contributed by atoms with E-state index in [1.54, 1.807) is 0 Å². The number of piperazine rings is 1. The van der Waals surface area contributed by atoms with Crippen molar-refractivity contribution in [1.82, 2.24) is 15.5 Å². The zero-order valence-electron chi connectivity index (χ0n) is 14.1. The van der Waals surface area contributed by atoms with Gasteiger partial charge in [-0.3, -0.25) is 14.5 Å². The van der Waals surface area contributed by atoms with Crippen molar-refractivity contribution in [3.05, 3.63) is 29.6 Å². The van der Waals surface area contributed by atoms with Gasteiger partial charge in [0.05, 0.1) is 5.69 Å². The summed E-state index contributed by atoms with van der Waals surface area (Å²) in [6, 6.07) is 1.39. The molecule has 26 heavy (non-hydrogen) atoms. The Bertz CT molecular complexity index is 660. The number of carbonyl (C=O) groups is 2. The molecule has 0 saturated carbocycles. The molecule has 0 aromatic heterocycles. The summed E-state index contributed by atoms with van der Waals surface area (Å²) < 4.78 is 53.5. The molecule has 0 radical (unpaired) electrons. The van der Waals surface area contributed by atoms with Crippen LogP contribution in [0.1, 0.15) is 17.3 Å². The van der Waals surface area contributed by atoms with Crippen LogP contribution in [-0.2, 0) is 4.79 Å². The van der Waals surface area contributed by atoms with E-state index in [9.17, 15) is 27.2 Å². The van der Waals surface area contributed by atoms with Gasteiger partial charge in [-0.05, 0) is 18.2 Å². The monoisotopic (exact) mass is 376 g/mol. The van der Waals surface area contributed by atoms with Gasteiger partial charge < -0.3 is 16.0 Å². The van der Waals surface area contributed by atoms with Gasteiger partial charge in [0.25, 0.3) is 5.91 Å². The number of alkyl halides is 3. The van der Waals surface area contributed by atoms with Gasteiger partial charge in [-0.25, -0.2) is 4.39 Å². The molecule has 0 bridgehead atoms. The summed E-state index contributed by atoms with van der Waals surface area (Å²) in [4.78, 5) is 24.5. The molecule has 1 heterocycles. The van der Waals surface area contributed by atoms with E-state index in [0.717, 1.165) is 18.2 Å². The molecule has 6 nitrogen and oxygen atoms in total. The van der Waals surface area contributed by atoms with Crippen LogP contribution >= 0.6 is 0 Å². The van der Waals surface area contributed by atoms with Gasteiger partial charge >= 0.3 is 6.18 Å². The molecule has 2 amide bonds. The van der Waals surface area contributed by atoms with Crippen LogP contribution in [0.3, 0.4) is 0 Å². The highest BCUT2D eigenvalue weighted by atomic mass is 19.4. The van der Waals surface area contributed by atoms with Crippen LogP contribution in [0.2, 0.25) is 0 Å². The van der Waals surface area contributed by atoms with Gasteiger partial charge in [0.15, 0.2) is 0 Å². The standard InChI is InChI=1S/C16H20F4N4O2/c1-10(25)23-13-8-11(2-3-12(13)17)15(26)22-9-14(16(18,19)20)24-6-4-21-5-7-24/h2-3,8,14,21H,4-7,9H2,1H3,(H,22,26)(H,23,25). The smallest absolute Gasteiger partial charge is 0.350 e. The first-order valence-corrected chi connectivity index (χ1v) is 8.05. The fraction of sp³-hybridized carbons (Fsp3) is 0.500. The number of nitrogens with one attached hydrogen (secondary N) is 3. The summed E-state index contributed by atoms with van der Waals surface area (Å²) in [6.45, 7) is 1.90. The van der Waals surface area contributed by atoms with Gasteiger partial charge in [0.2, 0.25) is 5.91 Å². The minimum Gasteiger partial charge on any atom is -0.350 e. The van der Waals surface area contributed by atoms with Crippen LogP contribution in [0.15, 0.2) is 18.2 Å². The number of rotatable bonds is 5. The highest BCUT2D eigenvalue weighted by molar-refractivity contribution is 5.96. The molecule has 1 aromatic rings. The lowest BCUT2D eigenvalue weighted by Gasteiger charge is -2.35. The molecule has 144 valence electrons. The van der Waals surface area contributed by atoms with Crippen molar-refractivity contribution in [3.8, 4) is 0 Å². The molecular weight excluding hydrogens is 356 g/mol. The number of nitrogens with zero attached hydrogens (tertiary/aromatic N) is 1. The molecule has 1 fully saturated rings. The van der Waals surface area contributed by atoms with Crippen molar-refractivity contribution < 1.29 is 27.2 Å². The average molecular weight is 376 g/mol. The molecule has 3 N–H and O–H groups in total. The molecule has 1 aromatic carbocycles. The molecule has 10 heteroatoms. The van der Waals surface area contributed by atoms with Crippen molar-refractivity contribution in [2.45, 2.75) is 19.1 Å². The normalized spacial score (nSPS) is 16.8. The fourth-order valence-corrected chi connectivity index (χ4v) is 2.69. The molecule has 1 atom stereocenters. The van der Waals surface area contributed by atoms with E-state index >= 15 is 0 Å². The lowest BCUT2D eigenvalue weighted by atomic mass is 10.1. The van der Waals surface area contributed by atoms with Crippen LogP contribution < -0.4 is 16.0 Å². The largest absolute Gasteiger partial charge is 0.405 e. The summed E-state index contributed by atoms with van der Waals surface area (Å²) >= 11 is 0. The van der Waals surface area contributed by atoms with Crippen LogP contribution in [0.5, 0.6) is 0 Å². The minimum atomic E-state index is -4.49. The first-order chi connectivity index (χ1) is 12.2. The Hall–Kier alpha value is -2.20. The fourth-order valence-electron chi connectivity index (χ4n) is 2.69. The number of carbonyl (C=O) groups excluding carboxylic acids is 2. The summed E-state index contributed by atoms with van der Waals surface area (Å²) in [5.41, 5.74) is -0.254. The number of hydrogen-bond donors (Lipinski definition) is 3. The van der Waals surface area contributed by atoms with Gasteiger partial charge in [-0.1, -0.05) is 0 Å². The van der Waals surface area contributed by atoms with Gasteiger partial charge in [-0.15, -0.1) is 0 Å². The Labute approximate surface area is 147 Å². The summed E-state index contributed by atoms with van der Waals surface area (Å²) in [6.07, 6.45) is -4.49. The number of halogens is 4. The van der Waals surface area contributed by atoms with Crippen molar-refractivity contribution in [2.75, 3.05) is 38.0 Å². The molecule has 2 rings (SSSR count). The lowest BCUT2D eigenvalue weighted by molar-refractivity contribution is -0.183. The Balaban J connectivity index is 2.06. The van der Waals surface area contributed by atoms with E-state index in [1.807, 2.05) is 0 Å². The predicted molar refractivity (Wildman–Crippen MR) is 87.3 cm³/mol. The van der Waals surface area contributed by atoms with Crippen molar-refractivity contribution in [3.63, 3.8) is 0 Å². The number of hydrogen-bond acceptors (Lipinski definition) is 4. The third-order valence-corrected chi connectivity index (χ3v) is 3.97. The Morgan fingerprint density at radius 3 is 2.50 bits per heavy atom. The van der Waals surface area contributed by atoms with Crippen LogP contribution in [0, 0.1) is 5.82 Å². The van der Waals surface area contributed by atoms with E-state index in [-0.39, 0.29) is 24.3 Å². The maximum atomic E-state index is 13.6.